The summed E-state index contributed by atoms with van der Waals surface area (Å²) in [6.45, 7) is 0. The van der Waals surface area contributed by atoms with E-state index in [0.29, 0.717) is 0 Å². The zero-order valence-corrected chi connectivity index (χ0v) is 12.1. The Kier molecular flexibility index (Phi) is 7.67. The first-order valence-corrected chi connectivity index (χ1v) is 7.74. The molecule has 1 aromatic carbocycles. The molecule has 1 rings (SSSR count). The van der Waals surface area contributed by atoms with Gasteiger partial charge in [-0.15, -0.1) is 11.8 Å². The van der Waals surface area contributed by atoms with Crippen LogP contribution in [0.15, 0.2) is 33.6 Å². The summed E-state index contributed by atoms with van der Waals surface area (Å²) in [4.78, 5) is 1.35. The molecule has 0 unspecified atom stereocenters. The molecule has 0 aliphatic rings. The van der Waals surface area contributed by atoms with E-state index in [0.717, 1.165) is 5.75 Å². The van der Waals surface area contributed by atoms with Crippen molar-refractivity contribution in [3.63, 3.8) is 0 Å². The number of unbranched alkanes of at least 4 members (excludes halogenated alkanes) is 3. The summed E-state index contributed by atoms with van der Waals surface area (Å²) >= 11 is 9.70. The van der Waals surface area contributed by atoms with Gasteiger partial charge in [0.1, 0.15) is 0 Å². The fourth-order valence-corrected chi connectivity index (χ4v) is 3.11. The fraction of sp³-hybridized carbons (Fsp3) is 0.500. The summed E-state index contributed by atoms with van der Waals surface area (Å²) in [7, 11) is 0. The van der Waals surface area contributed by atoms with Gasteiger partial charge in [-0.1, -0.05) is 25.0 Å². The third-order valence-corrected chi connectivity index (χ3v) is 4.58. The highest BCUT2D eigenvalue weighted by molar-refractivity contribution is 9.10. The lowest BCUT2D eigenvalue weighted by Crippen LogP contribution is -1.83. The standard InChI is InChI=1S/C12H17BrS2/c13-11-7-3-4-8-12(11)15-10-6-2-1-5-9-14/h3-4,7-8,14H,1-2,5-6,9-10H2. The largest absolute Gasteiger partial charge is 0.179 e. The quantitative estimate of drug-likeness (QED) is 0.419. The van der Waals surface area contributed by atoms with Crippen molar-refractivity contribution in [1.29, 1.82) is 0 Å². The molecule has 0 saturated heterocycles. The van der Waals surface area contributed by atoms with Crippen LogP contribution in [0.1, 0.15) is 25.7 Å². The lowest BCUT2D eigenvalue weighted by molar-refractivity contribution is 0.712. The van der Waals surface area contributed by atoms with Crippen LogP contribution in [0.4, 0.5) is 0 Å². The molecule has 0 aliphatic carbocycles. The smallest absolute Gasteiger partial charge is 0.0311 e. The number of thioether (sulfide) groups is 1. The zero-order valence-electron chi connectivity index (χ0n) is 8.79. The van der Waals surface area contributed by atoms with Gasteiger partial charge in [0.05, 0.1) is 0 Å². The lowest BCUT2D eigenvalue weighted by atomic mass is 10.2. The highest BCUT2D eigenvalue weighted by Gasteiger charge is 1.98. The second-order valence-electron chi connectivity index (χ2n) is 3.42. The van der Waals surface area contributed by atoms with Crippen molar-refractivity contribution in [1.82, 2.24) is 0 Å². The van der Waals surface area contributed by atoms with Crippen molar-refractivity contribution < 1.29 is 0 Å². The number of thiol groups is 1. The van der Waals surface area contributed by atoms with Gasteiger partial charge in [0, 0.05) is 9.37 Å². The Labute approximate surface area is 111 Å². The van der Waals surface area contributed by atoms with E-state index in [1.807, 2.05) is 11.8 Å². The lowest BCUT2D eigenvalue weighted by Gasteiger charge is -2.03. The Bertz CT molecular complexity index is 276. The van der Waals surface area contributed by atoms with Gasteiger partial charge in [0.15, 0.2) is 0 Å². The first-order chi connectivity index (χ1) is 7.34. The number of hydrogen-bond donors (Lipinski definition) is 1. The third kappa shape index (κ3) is 5.88. The first kappa shape index (κ1) is 13.5. The van der Waals surface area contributed by atoms with Gasteiger partial charge >= 0.3 is 0 Å². The minimum Gasteiger partial charge on any atom is -0.179 e. The zero-order chi connectivity index (χ0) is 10.9. The van der Waals surface area contributed by atoms with Gasteiger partial charge in [-0.2, -0.15) is 12.6 Å². The van der Waals surface area contributed by atoms with Crippen molar-refractivity contribution >= 4 is 40.3 Å². The monoisotopic (exact) mass is 304 g/mol. The molecule has 1 aromatic rings. The van der Waals surface area contributed by atoms with Crippen LogP contribution in [-0.2, 0) is 0 Å². The van der Waals surface area contributed by atoms with E-state index in [1.165, 1.54) is 40.8 Å². The third-order valence-electron chi connectivity index (χ3n) is 2.15. The first-order valence-electron chi connectivity index (χ1n) is 5.33. The molecule has 84 valence electrons. The summed E-state index contributed by atoms with van der Waals surface area (Å²) in [5.74, 6) is 2.24. The predicted molar refractivity (Wildman–Crippen MR) is 77.2 cm³/mol. The van der Waals surface area contributed by atoms with Crippen molar-refractivity contribution in [2.75, 3.05) is 11.5 Å². The van der Waals surface area contributed by atoms with Crippen LogP contribution in [0.3, 0.4) is 0 Å². The van der Waals surface area contributed by atoms with Gasteiger partial charge in [0.2, 0.25) is 0 Å². The van der Waals surface area contributed by atoms with Crippen molar-refractivity contribution in [2.24, 2.45) is 0 Å². The van der Waals surface area contributed by atoms with E-state index >= 15 is 0 Å². The van der Waals surface area contributed by atoms with E-state index in [9.17, 15) is 0 Å². The molecule has 3 heteroatoms. The number of rotatable bonds is 7. The number of benzene rings is 1. The van der Waals surface area contributed by atoms with Crippen molar-refractivity contribution in [3.8, 4) is 0 Å². The molecule has 0 amide bonds. The molecular weight excluding hydrogens is 288 g/mol. The van der Waals surface area contributed by atoms with Crippen LogP contribution in [-0.4, -0.2) is 11.5 Å². The summed E-state index contributed by atoms with van der Waals surface area (Å²) in [6.07, 6.45) is 5.21. The van der Waals surface area contributed by atoms with Crippen LogP contribution in [0.5, 0.6) is 0 Å². The maximum Gasteiger partial charge on any atom is 0.0311 e. The Balaban J connectivity index is 2.12. The van der Waals surface area contributed by atoms with Crippen molar-refractivity contribution in [3.05, 3.63) is 28.7 Å². The van der Waals surface area contributed by atoms with Crippen LogP contribution in [0.2, 0.25) is 0 Å². The maximum absolute atomic E-state index is 4.20. The van der Waals surface area contributed by atoms with Gasteiger partial charge in [-0.25, -0.2) is 0 Å². The molecule has 0 N–H and O–H groups in total. The van der Waals surface area contributed by atoms with Crippen LogP contribution in [0, 0.1) is 0 Å². The molecule has 0 spiro atoms. The number of halogens is 1. The Morgan fingerprint density at radius 2 is 1.80 bits per heavy atom. The summed E-state index contributed by atoms with van der Waals surface area (Å²) < 4.78 is 1.21. The van der Waals surface area contributed by atoms with Crippen LogP contribution in [0.25, 0.3) is 0 Å². The average molecular weight is 305 g/mol. The van der Waals surface area contributed by atoms with Gasteiger partial charge in [-0.3, -0.25) is 0 Å². The van der Waals surface area contributed by atoms with Gasteiger partial charge in [0.25, 0.3) is 0 Å². The highest BCUT2D eigenvalue weighted by Crippen LogP contribution is 2.27. The van der Waals surface area contributed by atoms with Crippen LogP contribution >= 0.6 is 40.3 Å². The fourth-order valence-electron chi connectivity index (χ4n) is 1.31. The molecule has 15 heavy (non-hydrogen) atoms. The van der Waals surface area contributed by atoms with E-state index in [-0.39, 0.29) is 0 Å². The summed E-state index contributed by atoms with van der Waals surface area (Å²) in [5.41, 5.74) is 0. The normalized spacial score (nSPS) is 10.5. The second kappa shape index (κ2) is 8.54. The molecule has 0 saturated carbocycles. The minimum absolute atomic E-state index is 1.03. The SMILES string of the molecule is SCCCCCCSc1ccccc1Br. The molecule has 0 fully saturated rings. The highest BCUT2D eigenvalue weighted by atomic mass is 79.9. The van der Waals surface area contributed by atoms with E-state index < -0.39 is 0 Å². The Morgan fingerprint density at radius 3 is 2.53 bits per heavy atom. The second-order valence-corrected chi connectivity index (χ2v) is 5.86. The van der Waals surface area contributed by atoms with Gasteiger partial charge < -0.3 is 0 Å². The molecule has 0 nitrogen and oxygen atoms in total. The minimum atomic E-state index is 1.03. The van der Waals surface area contributed by atoms with Gasteiger partial charge in [-0.05, 0) is 52.4 Å². The molecule has 0 heterocycles. The summed E-state index contributed by atoms with van der Waals surface area (Å²) in [6, 6.07) is 8.42. The van der Waals surface area contributed by atoms with E-state index in [1.54, 1.807) is 0 Å². The Hall–Kier alpha value is 0.400. The molecule has 0 atom stereocenters. The molecule has 0 aromatic heterocycles. The maximum atomic E-state index is 4.20. The number of hydrogen-bond acceptors (Lipinski definition) is 2. The van der Waals surface area contributed by atoms with Crippen LogP contribution < -0.4 is 0 Å². The van der Waals surface area contributed by atoms with Crippen molar-refractivity contribution in [2.45, 2.75) is 30.6 Å². The van der Waals surface area contributed by atoms with E-state index in [2.05, 4.69) is 52.8 Å². The Morgan fingerprint density at radius 1 is 1.07 bits per heavy atom. The molecule has 0 aliphatic heterocycles. The average Bonchev–Trinajstić information content (AvgIpc) is 2.25. The molecule has 0 radical (unpaired) electrons. The molecule has 0 bridgehead atoms. The summed E-state index contributed by atoms with van der Waals surface area (Å²) in [5, 5.41) is 0. The molecular formula is C12H17BrS2. The topological polar surface area (TPSA) is 0 Å². The predicted octanol–water partition coefficient (Wildman–Crippen LogP) is 5.03. The van der Waals surface area contributed by atoms with E-state index in [4.69, 9.17) is 0 Å².